The number of carboxylic acids is 1. The van der Waals surface area contributed by atoms with Crippen molar-refractivity contribution >= 4 is 23.6 Å². The maximum atomic E-state index is 12.2. The van der Waals surface area contributed by atoms with Gasteiger partial charge < -0.3 is 10.4 Å². The van der Waals surface area contributed by atoms with Crippen molar-refractivity contribution < 1.29 is 14.7 Å². The van der Waals surface area contributed by atoms with E-state index < -0.39 is 5.97 Å². The zero-order valence-electron chi connectivity index (χ0n) is 12.9. The van der Waals surface area contributed by atoms with Crippen molar-refractivity contribution in [1.29, 1.82) is 0 Å². The van der Waals surface area contributed by atoms with Gasteiger partial charge in [-0.05, 0) is 35.8 Å². The van der Waals surface area contributed by atoms with E-state index >= 15 is 0 Å². The summed E-state index contributed by atoms with van der Waals surface area (Å²) in [5.41, 5.74) is 2.59. The molecule has 0 bridgehead atoms. The second kappa shape index (κ2) is 7.94. The molecule has 0 aliphatic carbocycles. The van der Waals surface area contributed by atoms with Gasteiger partial charge in [-0.2, -0.15) is 0 Å². The van der Waals surface area contributed by atoms with E-state index in [1.54, 1.807) is 24.3 Å². The molecular formula is C19H19NO3. The van der Waals surface area contributed by atoms with Gasteiger partial charge in [-0.1, -0.05) is 49.4 Å². The average molecular weight is 309 g/mol. The fourth-order valence-electron chi connectivity index (χ4n) is 2.17. The third-order valence-electron chi connectivity index (χ3n) is 3.43. The Bertz CT molecular complexity index is 690. The van der Waals surface area contributed by atoms with E-state index in [1.807, 2.05) is 37.3 Å². The van der Waals surface area contributed by atoms with E-state index in [0.29, 0.717) is 12.1 Å². The molecule has 118 valence electrons. The molecule has 1 atom stereocenters. The van der Waals surface area contributed by atoms with Crippen LogP contribution in [0.3, 0.4) is 0 Å². The van der Waals surface area contributed by atoms with E-state index in [-0.39, 0.29) is 11.8 Å². The first kappa shape index (κ1) is 16.5. The van der Waals surface area contributed by atoms with Gasteiger partial charge in [0.1, 0.15) is 0 Å². The van der Waals surface area contributed by atoms with Gasteiger partial charge in [-0.25, -0.2) is 4.79 Å². The summed E-state index contributed by atoms with van der Waals surface area (Å²) in [4.78, 5) is 22.7. The molecule has 0 heterocycles. The van der Waals surface area contributed by atoms with E-state index in [9.17, 15) is 9.59 Å². The zero-order chi connectivity index (χ0) is 16.7. The number of rotatable bonds is 6. The van der Waals surface area contributed by atoms with Gasteiger partial charge in [-0.3, -0.25) is 4.79 Å². The molecule has 2 aromatic carbocycles. The Morgan fingerprint density at radius 1 is 1.09 bits per heavy atom. The summed E-state index contributed by atoms with van der Waals surface area (Å²) < 4.78 is 0. The van der Waals surface area contributed by atoms with Crippen LogP contribution in [0, 0.1) is 5.92 Å². The van der Waals surface area contributed by atoms with Crippen LogP contribution in [0.15, 0.2) is 60.7 Å². The number of carboxylic acid groups (broad SMARTS) is 1. The Kier molecular flexibility index (Phi) is 5.69. The molecule has 0 fully saturated rings. The first-order valence-corrected chi connectivity index (χ1v) is 7.40. The van der Waals surface area contributed by atoms with Gasteiger partial charge in [0.25, 0.3) is 0 Å². The molecule has 1 unspecified atom stereocenters. The quantitative estimate of drug-likeness (QED) is 0.801. The van der Waals surface area contributed by atoms with Crippen molar-refractivity contribution in [2.24, 2.45) is 5.92 Å². The van der Waals surface area contributed by atoms with Crippen LogP contribution in [0.5, 0.6) is 0 Å². The van der Waals surface area contributed by atoms with Gasteiger partial charge in [0.2, 0.25) is 5.91 Å². The number of hydrogen-bond donors (Lipinski definition) is 2. The highest BCUT2D eigenvalue weighted by Crippen LogP contribution is 2.14. The number of aliphatic carboxylic acids is 1. The van der Waals surface area contributed by atoms with Gasteiger partial charge in [0, 0.05) is 17.7 Å². The molecule has 0 saturated carbocycles. The molecule has 0 radical (unpaired) electrons. The third kappa shape index (κ3) is 5.43. The van der Waals surface area contributed by atoms with Crippen LogP contribution < -0.4 is 5.32 Å². The summed E-state index contributed by atoms with van der Waals surface area (Å²) in [7, 11) is 0. The summed E-state index contributed by atoms with van der Waals surface area (Å²) in [6, 6.07) is 16.9. The lowest BCUT2D eigenvalue weighted by atomic mass is 10.0. The molecule has 23 heavy (non-hydrogen) atoms. The Morgan fingerprint density at radius 3 is 2.35 bits per heavy atom. The molecule has 2 aromatic rings. The summed E-state index contributed by atoms with van der Waals surface area (Å²) in [6.45, 7) is 1.90. The minimum absolute atomic E-state index is 0.0392. The maximum absolute atomic E-state index is 12.2. The summed E-state index contributed by atoms with van der Waals surface area (Å²) in [6.07, 6.45) is 3.27. The molecule has 0 aliphatic rings. The Hall–Kier alpha value is -2.88. The van der Waals surface area contributed by atoms with Crippen LogP contribution in [0.4, 0.5) is 5.69 Å². The van der Waals surface area contributed by atoms with E-state index in [2.05, 4.69) is 5.32 Å². The maximum Gasteiger partial charge on any atom is 0.328 e. The van der Waals surface area contributed by atoms with Crippen LogP contribution in [-0.2, 0) is 16.0 Å². The second-order valence-electron chi connectivity index (χ2n) is 5.37. The van der Waals surface area contributed by atoms with Crippen LogP contribution in [0.25, 0.3) is 6.08 Å². The lowest BCUT2D eigenvalue weighted by Gasteiger charge is -2.12. The first-order valence-electron chi connectivity index (χ1n) is 7.40. The fourth-order valence-corrected chi connectivity index (χ4v) is 2.17. The third-order valence-corrected chi connectivity index (χ3v) is 3.43. The van der Waals surface area contributed by atoms with Gasteiger partial charge >= 0.3 is 5.97 Å². The fraction of sp³-hybridized carbons (Fsp3) is 0.158. The SMILES string of the molecule is CC(Cc1ccccc1)C(=O)Nc1ccc(C=CC(=O)O)cc1. The molecule has 1 amide bonds. The van der Waals surface area contributed by atoms with Crippen molar-refractivity contribution in [2.75, 3.05) is 5.32 Å². The summed E-state index contributed by atoms with van der Waals surface area (Å²) in [5, 5.41) is 11.5. The second-order valence-corrected chi connectivity index (χ2v) is 5.37. The molecule has 0 aliphatic heterocycles. The highest BCUT2D eigenvalue weighted by molar-refractivity contribution is 5.92. The molecule has 4 heteroatoms. The Balaban J connectivity index is 1.93. The molecule has 0 aromatic heterocycles. The predicted octanol–water partition coefficient (Wildman–Crippen LogP) is 3.60. The normalized spacial score (nSPS) is 12.0. The van der Waals surface area contributed by atoms with Gasteiger partial charge in [0.05, 0.1) is 0 Å². The van der Waals surface area contributed by atoms with Gasteiger partial charge in [-0.15, -0.1) is 0 Å². The van der Waals surface area contributed by atoms with Crippen molar-refractivity contribution in [1.82, 2.24) is 0 Å². The Morgan fingerprint density at radius 2 is 1.74 bits per heavy atom. The molecule has 2 rings (SSSR count). The largest absolute Gasteiger partial charge is 0.478 e. The number of carbonyl (C=O) groups excluding carboxylic acids is 1. The topological polar surface area (TPSA) is 66.4 Å². The van der Waals surface area contributed by atoms with Crippen molar-refractivity contribution in [2.45, 2.75) is 13.3 Å². The lowest BCUT2D eigenvalue weighted by Crippen LogP contribution is -2.22. The van der Waals surface area contributed by atoms with E-state index in [1.165, 1.54) is 6.08 Å². The smallest absolute Gasteiger partial charge is 0.328 e. The van der Waals surface area contributed by atoms with Crippen LogP contribution in [0.1, 0.15) is 18.1 Å². The highest BCUT2D eigenvalue weighted by atomic mass is 16.4. The Labute approximate surface area is 135 Å². The van der Waals surface area contributed by atoms with Crippen molar-refractivity contribution in [3.8, 4) is 0 Å². The number of hydrogen-bond acceptors (Lipinski definition) is 2. The lowest BCUT2D eigenvalue weighted by molar-refractivity contribution is -0.131. The van der Waals surface area contributed by atoms with Crippen molar-refractivity contribution in [3.05, 3.63) is 71.8 Å². The number of amides is 1. The predicted molar refractivity (Wildman–Crippen MR) is 91.1 cm³/mol. The molecular weight excluding hydrogens is 290 g/mol. The molecule has 0 spiro atoms. The number of anilines is 1. The molecule has 0 saturated heterocycles. The minimum atomic E-state index is -0.989. The summed E-state index contributed by atoms with van der Waals surface area (Å²) >= 11 is 0. The minimum Gasteiger partial charge on any atom is -0.478 e. The first-order chi connectivity index (χ1) is 11.0. The number of nitrogens with one attached hydrogen (secondary N) is 1. The monoisotopic (exact) mass is 309 g/mol. The van der Waals surface area contributed by atoms with Crippen LogP contribution >= 0.6 is 0 Å². The van der Waals surface area contributed by atoms with Crippen LogP contribution in [-0.4, -0.2) is 17.0 Å². The number of carbonyl (C=O) groups is 2. The summed E-state index contributed by atoms with van der Waals surface area (Å²) in [5.74, 6) is -1.16. The van der Waals surface area contributed by atoms with Gasteiger partial charge in [0.15, 0.2) is 0 Å². The highest BCUT2D eigenvalue weighted by Gasteiger charge is 2.13. The zero-order valence-corrected chi connectivity index (χ0v) is 12.9. The van der Waals surface area contributed by atoms with Crippen LogP contribution in [0.2, 0.25) is 0 Å². The molecule has 4 nitrogen and oxygen atoms in total. The van der Waals surface area contributed by atoms with Crippen molar-refractivity contribution in [3.63, 3.8) is 0 Å². The standard InChI is InChI=1S/C19H19NO3/c1-14(13-16-5-3-2-4-6-16)19(23)20-17-10-7-15(8-11-17)9-12-18(21)22/h2-12,14H,13H2,1H3,(H,20,23)(H,21,22). The van der Waals surface area contributed by atoms with E-state index in [0.717, 1.165) is 17.2 Å². The molecule has 2 N–H and O–H groups in total. The van der Waals surface area contributed by atoms with E-state index in [4.69, 9.17) is 5.11 Å². The average Bonchev–Trinajstić information content (AvgIpc) is 2.55. The number of benzene rings is 2.